The molecule has 1 rings (SSSR count). The normalized spacial score (nSPS) is 12.9. The summed E-state index contributed by atoms with van der Waals surface area (Å²) in [7, 11) is 0. The van der Waals surface area contributed by atoms with Gasteiger partial charge in [0.15, 0.2) is 0 Å². The van der Waals surface area contributed by atoms with E-state index in [1.54, 1.807) is 0 Å². The molecule has 0 saturated carbocycles. The predicted octanol–water partition coefficient (Wildman–Crippen LogP) is 1.85. The number of hydrogen-bond donors (Lipinski definition) is 2. The van der Waals surface area contributed by atoms with Gasteiger partial charge in [0.25, 0.3) is 0 Å². The molecule has 0 aliphatic rings. The van der Waals surface area contributed by atoms with Crippen molar-refractivity contribution in [2.45, 2.75) is 19.4 Å². The Balaban J connectivity index is 2.99. The van der Waals surface area contributed by atoms with Gasteiger partial charge in [-0.1, -0.05) is 19.1 Å². The molecular formula is C10H14INO. The van der Waals surface area contributed by atoms with Crippen LogP contribution in [-0.4, -0.2) is 11.7 Å². The maximum atomic E-state index is 8.89. The SMILES string of the molecule is CCc1cc([C@@H](N)CO)ccc1I. The summed E-state index contributed by atoms with van der Waals surface area (Å²) in [5, 5.41) is 8.89. The molecule has 0 aliphatic carbocycles. The van der Waals surface area contributed by atoms with E-state index in [0.29, 0.717) is 0 Å². The quantitative estimate of drug-likeness (QED) is 0.835. The third kappa shape index (κ3) is 2.65. The zero-order valence-corrected chi connectivity index (χ0v) is 9.78. The minimum Gasteiger partial charge on any atom is -0.394 e. The highest BCUT2D eigenvalue weighted by atomic mass is 127. The average Bonchev–Trinajstić information content (AvgIpc) is 2.17. The maximum Gasteiger partial charge on any atom is 0.0624 e. The van der Waals surface area contributed by atoms with Gasteiger partial charge in [0.05, 0.1) is 12.6 Å². The van der Waals surface area contributed by atoms with Gasteiger partial charge in [-0.3, -0.25) is 0 Å². The average molecular weight is 291 g/mol. The van der Waals surface area contributed by atoms with Gasteiger partial charge in [0, 0.05) is 3.57 Å². The van der Waals surface area contributed by atoms with Gasteiger partial charge in [-0.25, -0.2) is 0 Å². The van der Waals surface area contributed by atoms with Gasteiger partial charge in [-0.15, -0.1) is 0 Å². The van der Waals surface area contributed by atoms with Gasteiger partial charge >= 0.3 is 0 Å². The molecule has 1 aromatic carbocycles. The highest BCUT2D eigenvalue weighted by Crippen LogP contribution is 2.18. The fourth-order valence-electron chi connectivity index (χ4n) is 1.20. The molecule has 72 valence electrons. The van der Waals surface area contributed by atoms with Crippen LogP contribution in [0.5, 0.6) is 0 Å². The van der Waals surface area contributed by atoms with Crippen LogP contribution in [-0.2, 0) is 6.42 Å². The molecule has 3 heteroatoms. The van der Waals surface area contributed by atoms with Crippen LogP contribution in [0.1, 0.15) is 24.1 Å². The van der Waals surface area contributed by atoms with Crippen molar-refractivity contribution in [3.63, 3.8) is 0 Å². The lowest BCUT2D eigenvalue weighted by Gasteiger charge is -2.10. The third-order valence-electron chi connectivity index (χ3n) is 2.08. The lowest BCUT2D eigenvalue weighted by atomic mass is 10.0. The molecule has 13 heavy (non-hydrogen) atoms. The summed E-state index contributed by atoms with van der Waals surface area (Å²) < 4.78 is 1.26. The highest BCUT2D eigenvalue weighted by Gasteiger charge is 2.06. The molecular weight excluding hydrogens is 277 g/mol. The molecule has 0 amide bonds. The second-order valence-corrected chi connectivity index (χ2v) is 4.16. The number of aryl methyl sites for hydroxylation is 1. The Kier molecular flexibility index (Phi) is 4.15. The number of rotatable bonds is 3. The van der Waals surface area contributed by atoms with Crippen LogP contribution in [0.4, 0.5) is 0 Å². The smallest absolute Gasteiger partial charge is 0.0624 e. The van der Waals surface area contributed by atoms with E-state index in [1.165, 1.54) is 9.13 Å². The van der Waals surface area contributed by atoms with Crippen molar-refractivity contribution in [3.05, 3.63) is 32.9 Å². The van der Waals surface area contributed by atoms with E-state index in [-0.39, 0.29) is 12.6 Å². The molecule has 0 bridgehead atoms. The summed E-state index contributed by atoms with van der Waals surface area (Å²) in [6.07, 6.45) is 1.00. The summed E-state index contributed by atoms with van der Waals surface area (Å²) in [6, 6.07) is 5.84. The summed E-state index contributed by atoms with van der Waals surface area (Å²) in [5.41, 5.74) is 8.02. The molecule has 0 heterocycles. The molecule has 0 spiro atoms. The molecule has 1 atom stereocenters. The van der Waals surface area contributed by atoms with E-state index in [4.69, 9.17) is 10.8 Å². The Morgan fingerprint density at radius 3 is 2.77 bits per heavy atom. The number of benzene rings is 1. The second kappa shape index (κ2) is 4.93. The predicted molar refractivity (Wildman–Crippen MR) is 62.6 cm³/mol. The molecule has 0 fully saturated rings. The molecule has 3 N–H and O–H groups in total. The van der Waals surface area contributed by atoms with Gasteiger partial charge in [0.1, 0.15) is 0 Å². The van der Waals surface area contributed by atoms with E-state index in [2.05, 4.69) is 35.6 Å². The minimum atomic E-state index is -0.248. The fraction of sp³-hybridized carbons (Fsp3) is 0.400. The van der Waals surface area contributed by atoms with Crippen molar-refractivity contribution in [2.75, 3.05) is 6.61 Å². The van der Waals surface area contributed by atoms with Crippen LogP contribution >= 0.6 is 22.6 Å². The molecule has 1 aromatic rings. The van der Waals surface area contributed by atoms with E-state index < -0.39 is 0 Å². The van der Waals surface area contributed by atoms with Crippen LogP contribution in [0.15, 0.2) is 18.2 Å². The van der Waals surface area contributed by atoms with Crippen molar-refractivity contribution in [1.29, 1.82) is 0 Å². The first-order valence-electron chi connectivity index (χ1n) is 4.33. The van der Waals surface area contributed by atoms with E-state index >= 15 is 0 Å². The lowest BCUT2D eigenvalue weighted by Crippen LogP contribution is -2.14. The minimum absolute atomic E-state index is 0.00372. The molecule has 0 unspecified atom stereocenters. The van der Waals surface area contributed by atoms with Crippen molar-refractivity contribution < 1.29 is 5.11 Å². The van der Waals surface area contributed by atoms with E-state index in [1.807, 2.05) is 12.1 Å². The monoisotopic (exact) mass is 291 g/mol. The molecule has 2 nitrogen and oxygen atoms in total. The summed E-state index contributed by atoms with van der Waals surface area (Å²) in [4.78, 5) is 0. The van der Waals surface area contributed by atoms with Crippen LogP contribution in [0.2, 0.25) is 0 Å². The first kappa shape index (κ1) is 10.9. The largest absolute Gasteiger partial charge is 0.394 e. The number of hydrogen-bond acceptors (Lipinski definition) is 2. The zero-order chi connectivity index (χ0) is 9.84. The number of aliphatic hydroxyl groups excluding tert-OH is 1. The Labute approximate surface area is 92.3 Å². The van der Waals surface area contributed by atoms with Crippen molar-refractivity contribution in [3.8, 4) is 0 Å². The van der Waals surface area contributed by atoms with E-state index in [0.717, 1.165) is 12.0 Å². The van der Waals surface area contributed by atoms with Crippen molar-refractivity contribution in [2.24, 2.45) is 5.73 Å². The molecule has 0 radical (unpaired) electrons. The first-order chi connectivity index (χ1) is 6.19. The Morgan fingerprint density at radius 2 is 2.23 bits per heavy atom. The number of nitrogens with two attached hydrogens (primary N) is 1. The van der Waals surface area contributed by atoms with Crippen LogP contribution in [0.25, 0.3) is 0 Å². The molecule has 0 aliphatic heterocycles. The Hall–Kier alpha value is -0.130. The summed E-state index contributed by atoms with van der Waals surface area (Å²) in [6.45, 7) is 2.12. The Bertz CT molecular complexity index is 288. The Morgan fingerprint density at radius 1 is 1.54 bits per heavy atom. The summed E-state index contributed by atoms with van der Waals surface area (Å²) >= 11 is 2.31. The van der Waals surface area contributed by atoms with Gasteiger partial charge < -0.3 is 10.8 Å². The van der Waals surface area contributed by atoms with Crippen molar-refractivity contribution >= 4 is 22.6 Å². The lowest BCUT2D eigenvalue weighted by molar-refractivity contribution is 0.268. The van der Waals surface area contributed by atoms with Gasteiger partial charge in [-0.05, 0) is 46.2 Å². The third-order valence-corrected chi connectivity index (χ3v) is 3.13. The standard InChI is InChI=1S/C10H14INO/c1-2-7-5-8(10(12)6-13)3-4-9(7)11/h3-5,10,13H,2,6,12H2,1H3/t10-/m0/s1. The van der Waals surface area contributed by atoms with Crippen LogP contribution in [0, 0.1) is 3.57 Å². The van der Waals surface area contributed by atoms with E-state index in [9.17, 15) is 0 Å². The maximum absolute atomic E-state index is 8.89. The second-order valence-electron chi connectivity index (χ2n) is 2.99. The number of aliphatic hydroxyl groups is 1. The topological polar surface area (TPSA) is 46.2 Å². The molecule has 0 aromatic heterocycles. The highest BCUT2D eigenvalue weighted by molar-refractivity contribution is 14.1. The van der Waals surface area contributed by atoms with Crippen LogP contribution in [0.3, 0.4) is 0 Å². The zero-order valence-electron chi connectivity index (χ0n) is 7.63. The molecule has 0 saturated heterocycles. The summed E-state index contributed by atoms with van der Waals surface area (Å²) in [5.74, 6) is 0. The first-order valence-corrected chi connectivity index (χ1v) is 5.41. The van der Waals surface area contributed by atoms with Gasteiger partial charge in [0.2, 0.25) is 0 Å². The van der Waals surface area contributed by atoms with Crippen molar-refractivity contribution in [1.82, 2.24) is 0 Å². The van der Waals surface area contributed by atoms with Gasteiger partial charge in [-0.2, -0.15) is 0 Å². The fourth-order valence-corrected chi connectivity index (χ4v) is 1.92. The van der Waals surface area contributed by atoms with Crippen LogP contribution < -0.4 is 5.73 Å². The number of halogens is 1.